The van der Waals surface area contributed by atoms with Crippen molar-refractivity contribution in [3.05, 3.63) is 41.6 Å². The fourth-order valence-electron chi connectivity index (χ4n) is 1.36. The van der Waals surface area contributed by atoms with Crippen LogP contribution in [0.3, 0.4) is 0 Å². The van der Waals surface area contributed by atoms with Gasteiger partial charge in [0.15, 0.2) is 0 Å². The molecule has 0 aromatic heterocycles. The van der Waals surface area contributed by atoms with E-state index in [2.05, 4.69) is 49.5 Å². The Balaban J connectivity index is 2.97. The molecular formula is C12H17N. The third kappa shape index (κ3) is 2.62. The van der Waals surface area contributed by atoms with E-state index in [1.807, 2.05) is 13.2 Å². The highest BCUT2D eigenvalue weighted by atomic mass is 14.8. The van der Waals surface area contributed by atoms with Crippen molar-refractivity contribution in [2.75, 3.05) is 7.05 Å². The van der Waals surface area contributed by atoms with Crippen molar-refractivity contribution in [3.63, 3.8) is 0 Å². The molecule has 1 nitrogen and oxygen atoms in total. The molecule has 1 heteroatoms. The highest BCUT2D eigenvalue weighted by molar-refractivity contribution is 5.54. The molecule has 0 radical (unpaired) electrons. The van der Waals surface area contributed by atoms with Crippen LogP contribution in [-0.2, 0) is 0 Å². The first-order chi connectivity index (χ1) is 6.25. The third-order valence-corrected chi connectivity index (χ3v) is 2.05. The summed E-state index contributed by atoms with van der Waals surface area (Å²) in [6, 6.07) is 8.48. The maximum atomic E-state index is 3.00. The molecule has 70 valence electrons. The second-order valence-corrected chi connectivity index (χ2v) is 3.41. The Labute approximate surface area is 80.5 Å². The summed E-state index contributed by atoms with van der Waals surface area (Å²) in [5.41, 5.74) is 2.70. The summed E-state index contributed by atoms with van der Waals surface area (Å²) in [5.74, 6) is 0.581. The lowest BCUT2D eigenvalue weighted by atomic mass is 9.97. The van der Waals surface area contributed by atoms with Crippen LogP contribution in [0, 0.1) is 0 Å². The lowest BCUT2D eigenvalue weighted by Crippen LogP contribution is -1.94. The van der Waals surface area contributed by atoms with Gasteiger partial charge >= 0.3 is 0 Å². The normalized spacial score (nSPS) is 11.1. The molecule has 0 heterocycles. The van der Waals surface area contributed by atoms with E-state index in [0.717, 1.165) is 0 Å². The van der Waals surface area contributed by atoms with Gasteiger partial charge < -0.3 is 5.32 Å². The van der Waals surface area contributed by atoms with Gasteiger partial charge in [0.1, 0.15) is 0 Å². The Hall–Kier alpha value is -1.24. The Morgan fingerprint density at radius 2 is 1.92 bits per heavy atom. The number of rotatable bonds is 3. The van der Waals surface area contributed by atoms with E-state index in [9.17, 15) is 0 Å². The van der Waals surface area contributed by atoms with Crippen LogP contribution < -0.4 is 5.32 Å². The van der Waals surface area contributed by atoms with Crippen LogP contribution in [0.4, 0.5) is 0 Å². The molecule has 0 amide bonds. The lowest BCUT2D eigenvalue weighted by molar-refractivity contribution is 0.864. The van der Waals surface area contributed by atoms with Gasteiger partial charge in [0, 0.05) is 7.05 Å². The predicted molar refractivity (Wildman–Crippen MR) is 58.6 cm³/mol. The summed E-state index contributed by atoms with van der Waals surface area (Å²) in [6.07, 6.45) is 4.07. The maximum Gasteiger partial charge on any atom is 0.00277 e. The van der Waals surface area contributed by atoms with E-state index in [4.69, 9.17) is 0 Å². The standard InChI is InChI=1S/C12H17N/c1-10(2)12-7-5-4-6-11(12)8-9-13-3/h4-10,13H,1-3H3/b9-8-. The first-order valence-electron chi connectivity index (χ1n) is 4.68. The Morgan fingerprint density at radius 3 is 2.54 bits per heavy atom. The number of hydrogen-bond donors (Lipinski definition) is 1. The molecule has 0 saturated carbocycles. The van der Waals surface area contributed by atoms with Crippen LogP contribution in [0.25, 0.3) is 6.08 Å². The molecule has 0 fully saturated rings. The molecular weight excluding hydrogens is 158 g/mol. The van der Waals surface area contributed by atoms with Crippen LogP contribution in [0.15, 0.2) is 30.5 Å². The lowest BCUT2D eigenvalue weighted by Gasteiger charge is -2.08. The van der Waals surface area contributed by atoms with Crippen molar-refractivity contribution >= 4 is 6.08 Å². The zero-order valence-electron chi connectivity index (χ0n) is 8.54. The minimum atomic E-state index is 0.581. The van der Waals surface area contributed by atoms with E-state index in [1.165, 1.54) is 11.1 Å². The monoisotopic (exact) mass is 175 g/mol. The van der Waals surface area contributed by atoms with Crippen LogP contribution in [0.1, 0.15) is 30.9 Å². The second kappa shape index (κ2) is 4.70. The highest BCUT2D eigenvalue weighted by Crippen LogP contribution is 2.19. The molecule has 1 rings (SSSR count). The van der Waals surface area contributed by atoms with Crippen molar-refractivity contribution in [3.8, 4) is 0 Å². The largest absolute Gasteiger partial charge is 0.394 e. The summed E-state index contributed by atoms with van der Waals surface area (Å²) < 4.78 is 0. The van der Waals surface area contributed by atoms with E-state index in [0.29, 0.717) is 5.92 Å². The molecule has 0 aliphatic carbocycles. The first kappa shape index (κ1) is 9.85. The second-order valence-electron chi connectivity index (χ2n) is 3.41. The van der Waals surface area contributed by atoms with Crippen molar-refractivity contribution in [1.29, 1.82) is 0 Å². The summed E-state index contributed by atoms with van der Waals surface area (Å²) in [5, 5.41) is 3.00. The minimum absolute atomic E-state index is 0.581. The third-order valence-electron chi connectivity index (χ3n) is 2.05. The van der Waals surface area contributed by atoms with Gasteiger partial charge in [0.05, 0.1) is 0 Å². The topological polar surface area (TPSA) is 12.0 Å². The smallest absolute Gasteiger partial charge is 0.00277 e. The van der Waals surface area contributed by atoms with E-state index >= 15 is 0 Å². The SMILES string of the molecule is CN/C=C\c1ccccc1C(C)C. The summed E-state index contributed by atoms with van der Waals surface area (Å²) in [4.78, 5) is 0. The Morgan fingerprint density at radius 1 is 1.23 bits per heavy atom. The molecule has 1 aromatic carbocycles. The van der Waals surface area contributed by atoms with Crippen molar-refractivity contribution in [2.24, 2.45) is 0 Å². The Kier molecular flexibility index (Phi) is 3.56. The van der Waals surface area contributed by atoms with E-state index in [-0.39, 0.29) is 0 Å². The van der Waals surface area contributed by atoms with E-state index in [1.54, 1.807) is 0 Å². The van der Waals surface area contributed by atoms with Gasteiger partial charge in [0.25, 0.3) is 0 Å². The molecule has 13 heavy (non-hydrogen) atoms. The van der Waals surface area contributed by atoms with Crippen LogP contribution in [0.5, 0.6) is 0 Å². The van der Waals surface area contributed by atoms with Gasteiger partial charge in [-0.05, 0) is 29.3 Å². The summed E-state index contributed by atoms with van der Waals surface area (Å²) in [6.45, 7) is 4.43. The fourth-order valence-corrected chi connectivity index (χ4v) is 1.36. The minimum Gasteiger partial charge on any atom is -0.394 e. The van der Waals surface area contributed by atoms with Gasteiger partial charge in [-0.2, -0.15) is 0 Å². The molecule has 0 unspecified atom stereocenters. The van der Waals surface area contributed by atoms with Gasteiger partial charge in [0.2, 0.25) is 0 Å². The van der Waals surface area contributed by atoms with Gasteiger partial charge in [-0.1, -0.05) is 38.1 Å². The summed E-state index contributed by atoms with van der Waals surface area (Å²) >= 11 is 0. The van der Waals surface area contributed by atoms with Crippen molar-refractivity contribution < 1.29 is 0 Å². The number of benzene rings is 1. The molecule has 1 aromatic rings. The van der Waals surface area contributed by atoms with Crippen molar-refractivity contribution in [1.82, 2.24) is 5.32 Å². The molecule has 1 N–H and O–H groups in total. The first-order valence-corrected chi connectivity index (χ1v) is 4.68. The molecule has 0 aliphatic heterocycles. The quantitative estimate of drug-likeness (QED) is 0.744. The maximum absolute atomic E-state index is 3.00. The molecule has 0 saturated heterocycles. The van der Waals surface area contributed by atoms with Gasteiger partial charge in [-0.15, -0.1) is 0 Å². The molecule has 0 bridgehead atoms. The molecule has 0 aliphatic rings. The average molecular weight is 175 g/mol. The zero-order valence-corrected chi connectivity index (χ0v) is 8.54. The van der Waals surface area contributed by atoms with Crippen LogP contribution in [-0.4, -0.2) is 7.05 Å². The average Bonchev–Trinajstić information content (AvgIpc) is 2.15. The van der Waals surface area contributed by atoms with Gasteiger partial charge in [-0.25, -0.2) is 0 Å². The van der Waals surface area contributed by atoms with Gasteiger partial charge in [-0.3, -0.25) is 0 Å². The Bertz CT molecular complexity index is 287. The predicted octanol–water partition coefficient (Wildman–Crippen LogP) is 3.00. The van der Waals surface area contributed by atoms with Crippen LogP contribution >= 0.6 is 0 Å². The molecule has 0 spiro atoms. The van der Waals surface area contributed by atoms with Crippen LogP contribution in [0.2, 0.25) is 0 Å². The van der Waals surface area contributed by atoms with E-state index < -0.39 is 0 Å². The molecule has 0 atom stereocenters. The van der Waals surface area contributed by atoms with Crippen molar-refractivity contribution in [2.45, 2.75) is 19.8 Å². The zero-order chi connectivity index (χ0) is 9.68. The number of hydrogen-bond acceptors (Lipinski definition) is 1. The fraction of sp³-hybridized carbons (Fsp3) is 0.333. The highest BCUT2D eigenvalue weighted by Gasteiger charge is 2.01. The summed E-state index contributed by atoms with van der Waals surface area (Å²) in [7, 11) is 1.91. The number of nitrogens with one attached hydrogen (secondary N) is 1.